The molecule has 2 heterocycles. The fourth-order valence-corrected chi connectivity index (χ4v) is 2.40. The molecule has 9 nitrogen and oxygen atoms in total. The number of nitrogens with one attached hydrogen (secondary N) is 1. The van der Waals surface area contributed by atoms with Crippen LogP contribution in [-0.2, 0) is 11.3 Å². The van der Waals surface area contributed by atoms with Crippen LogP contribution in [0.4, 0.5) is 11.8 Å². The Morgan fingerprint density at radius 2 is 2.24 bits per heavy atom. The van der Waals surface area contributed by atoms with Crippen molar-refractivity contribution >= 4 is 11.8 Å². The minimum Gasteiger partial charge on any atom is -0.378 e. The van der Waals surface area contributed by atoms with Crippen LogP contribution in [0, 0.1) is 16.0 Å². The minimum atomic E-state index is -0.670. The molecule has 0 radical (unpaired) electrons. The molecule has 1 saturated heterocycles. The standard InChI is InChI=1S/C12H20N6O3/c1-21-8-10-6-11(15-12(14-10)16-18(19)20)17-4-2-9(7-13)3-5-17/h6,9H,2-5,7-8,13H2,1H3,(H,14,15,16). The van der Waals surface area contributed by atoms with E-state index in [-0.39, 0.29) is 12.6 Å². The third kappa shape index (κ3) is 4.23. The van der Waals surface area contributed by atoms with E-state index in [1.807, 2.05) is 5.43 Å². The van der Waals surface area contributed by atoms with E-state index in [0.29, 0.717) is 24.0 Å². The molecule has 0 spiro atoms. The highest BCUT2D eigenvalue weighted by Gasteiger charge is 2.20. The molecule has 1 aromatic heterocycles. The van der Waals surface area contributed by atoms with Crippen LogP contribution in [0.15, 0.2) is 6.07 Å². The fourth-order valence-electron chi connectivity index (χ4n) is 2.40. The molecule has 0 atom stereocenters. The zero-order valence-electron chi connectivity index (χ0n) is 12.0. The van der Waals surface area contributed by atoms with Crippen LogP contribution < -0.4 is 16.1 Å². The van der Waals surface area contributed by atoms with Gasteiger partial charge in [0.25, 0.3) is 5.95 Å². The average molecular weight is 296 g/mol. The molecule has 1 aliphatic rings. The lowest BCUT2D eigenvalue weighted by molar-refractivity contribution is -0.446. The molecule has 0 amide bonds. The number of aromatic nitrogens is 2. The monoisotopic (exact) mass is 296 g/mol. The second-order valence-electron chi connectivity index (χ2n) is 5.01. The molecule has 2 rings (SSSR count). The number of anilines is 2. The summed E-state index contributed by atoms with van der Waals surface area (Å²) < 4.78 is 5.04. The van der Waals surface area contributed by atoms with Gasteiger partial charge in [-0.1, -0.05) is 5.43 Å². The molecule has 0 aliphatic carbocycles. The number of hydrogen-bond donors (Lipinski definition) is 2. The molecule has 9 heteroatoms. The maximum absolute atomic E-state index is 10.6. The number of nitro groups is 1. The number of methoxy groups -OCH3 is 1. The predicted molar refractivity (Wildman–Crippen MR) is 77.4 cm³/mol. The van der Waals surface area contributed by atoms with E-state index in [0.717, 1.165) is 25.9 Å². The second kappa shape index (κ2) is 7.14. The summed E-state index contributed by atoms with van der Waals surface area (Å²) in [4.78, 5) is 20.9. The largest absolute Gasteiger partial charge is 0.378 e. The Labute approximate surface area is 122 Å². The number of ether oxygens (including phenoxy) is 1. The Bertz CT molecular complexity index is 490. The summed E-state index contributed by atoms with van der Waals surface area (Å²) >= 11 is 0. The van der Waals surface area contributed by atoms with Crippen molar-refractivity contribution in [3.8, 4) is 0 Å². The van der Waals surface area contributed by atoms with Crippen LogP contribution in [0.5, 0.6) is 0 Å². The lowest BCUT2D eigenvalue weighted by Gasteiger charge is -2.32. The van der Waals surface area contributed by atoms with E-state index in [2.05, 4.69) is 14.9 Å². The quantitative estimate of drug-likeness (QED) is 0.572. The van der Waals surface area contributed by atoms with Gasteiger partial charge in [0.15, 0.2) is 5.03 Å². The van der Waals surface area contributed by atoms with Gasteiger partial charge in [0, 0.05) is 26.3 Å². The van der Waals surface area contributed by atoms with Crippen LogP contribution in [0.2, 0.25) is 0 Å². The highest BCUT2D eigenvalue weighted by atomic mass is 16.7. The molecule has 1 aliphatic heterocycles. The normalized spacial score (nSPS) is 16.0. The molecule has 0 unspecified atom stereocenters. The molecule has 3 N–H and O–H groups in total. The van der Waals surface area contributed by atoms with Crippen molar-refractivity contribution in [2.75, 3.05) is 37.1 Å². The van der Waals surface area contributed by atoms with Gasteiger partial charge >= 0.3 is 0 Å². The lowest BCUT2D eigenvalue weighted by Crippen LogP contribution is -2.36. The summed E-state index contributed by atoms with van der Waals surface area (Å²) in [5.41, 5.74) is 8.29. The van der Waals surface area contributed by atoms with E-state index in [9.17, 15) is 10.1 Å². The number of piperidine rings is 1. The first kappa shape index (κ1) is 15.4. The van der Waals surface area contributed by atoms with Crippen LogP contribution >= 0.6 is 0 Å². The topological polar surface area (TPSA) is 119 Å². The van der Waals surface area contributed by atoms with Gasteiger partial charge in [0.05, 0.1) is 12.3 Å². The highest BCUT2D eigenvalue weighted by molar-refractivity contribution is 5.44. The summed E-state index contributed by atoms with van der Waals surface area (Å²) in [6.07, 6.45) is 2.00. The first-order valence-corrected chi connectivity index (χ1v) is 6.85. The molecule has 21 heavy (non-hydrogen) atoms. The SMILES string of the molecule is COCc1cc(N2CCC(CN)CC2)nc(N[N+](=O)[O-])n1. The first-order chi connectivity index (χ1) is 10.1. The van der Waals surface area contributed by atoms with E-state index in [1.165, 1.54) is 0 Å². The Morgan fingerprint density at radius 3 is 2.81 bits per heavy atom. The fraction of sp³-hybridized carbons (Fsp3) is 0.667. The molecule has 0 bridgehead atoms. The van der Waals surface area contributed by atoms with Gasteiger partial charge in [-0.25, -0.2) is 15.1 Å². The highest BCUT2D eigenvalue weighted by Crippen LogP contribution is 2.23. The lowest BCUT2D eigenvalue weighted by atomic mass is 9.97. The van der Waals surface area contributed by atoms with Gasteiger partial charge in [0.1, 0.15) is 5.82 Å². The molecular formula is C12H20N6O3. The van der Waals surface area contributed by atoms with Gasteiger partial charge in [-0.2, -0.15) is 4.98 Å². The van der Waals surface area contributed by atoms with Crippen molar-refractivity contribution in [1.29, 1.82) is 0 Å². The summed E-state index contributed by atoms with van der Waals surface area (Å²) in [5.74, 6) is 1.19. The van der Waals surface area contributed by atoms with Gasteiger partial charge in [-0.05, 0) is 25.3 Å². The minimum absolute atomic E-state index is 0.0227. The summed E-state index contributed by atoms with van der Waals surface area (Å²) in [7, 11) is 1.55. The van der Waals surface area contributed by atoms with Crippen molar-refractivity contribution in [2.24, 2.45) is 11.7 Å². The third-order valence-electron chi connectivity index (χ3n) is 3.52. The van der Waals surface area contributed by atoms with Crippen molar-refractivity contribution in [3.63, 3.8) is 0 Å². The Kier molecular flexibility index (Phi) is 5.23. The van der Waals surface area contributed by atoms with Crippen LogP contribution in [0.3, 0.4) is 0 Å². The number of hydrogen-bond acceptors (Lipinski definition) is 7. The summed E-state index contributed by atoms with van der Waals surface area (Å²) in [6.45, 7) is 2.65. The van der Waals surface area contributed by atoms with Crippen molar-refractivity contribution in [3.05, 3.63) is 21.9 Å². The predicted octanol–water partition coefficient (Wildman–Crippen LogP) is 0.402. The van der Waals surface area contributed by atoms with Gasteiger partial charge in [0.2, 0.25) is 0 Å². The molecule has 0 saturated carbocycles. The van der Waals surface area contributed by atoms with Crippen LogP contribution in [-0.4, -0.2) is 41.7 Å². The maximum Gasteiger partial charge on any atom is 0.287 e. The number of rotatable bonds is 6. The summed E-state index contributed by atoms with van der Waals surface area (Å²) in [5, 5.41) is 9.89. The number of hydrazine groups is 1. The van der Waals surface area contributed by atoms with Crippen LogP contribution in [0.1, 0.15) is 18.5 Å². The van der Waals surface area contributed by atoms with Gasteiger partial charge in [-0.15, -0.1) is 0 Å². The summed E-state index contributed by atoms with van der Waals surface area (Å²) in [6, 6.07) is 1.80. The molecule has 0 aromatic carbocycles. The van der Waals surface area contributed by atoms with E-state index >= 15 is 0 Å². The third-order valence-corrected chi connectivity index (χ3v) is 3.52. The smallest absolute Gasteiger partial charge is 0.287 e. The van der Waals surface area contributed by atoms with Crippen molar-refractivity contribution < 1.29 is 9.77 Å². The Balaban J connectivity index is 2.17. The second-order valence-corrected chi connectivity index (χ2v) is 5.01. The zero-order valence-corrected chi connectivity index (χ0v) is 12.0. The molecule has 1 aromatic rings. The molecular weight excluding hydrogens is 276 g/mol. The van der Waals surface area contributed by atoms with E-state index in [4.69, 9.17) is 10.5 Å². The number of nitrogens with two attached hydrogens (primary N) is 1. The maximum atomic E-state index is 10.6. The number of nitrogens with zero attached hydrogens (tertiary/aromatic N) is 4. The zero-order chi connectivity index (χ0) is 15.2. The Morgan fingerprint density at radius 1 is 1.52 bits per heavy atom. The van der Waals surface area contributed by atoms with E-state index < -0.39 is 5.03 Å². The Hall–Kier alpha value is -2.00. The first-order valence-electron chi connectivity index (χ1n) is 6.85. The van der Waals surface area contributed by atoms with Crippen LogP contribution in [0.25, 0.3) is 0 Å². The molecule has 1 fully saturated rings. The van der Waals surface area contributed by atoms with E-state index in [1.54, 1.807) is 13.2 Å². The van der Waals surface area contributed by atoms with Crippen molar-refractivity contribution in [2.45, 2.75) is 19.4 Å². The molecule has 116 valence electrons. The average Bonchev–Trinajstić information content (AvgIpc) is 2.47. The van der Waals surface area contributed by atoms with Gasteiger partial charge in [-0.3, -0.25) is 0 Å². The van der Waals surface area contributed by atoms with Crippen molar-refractivity contribution in [1.82, 2.24) is 9.97 Å². The van der Waals surface area contributed by atoms with Gasteiger partial charge < -0.3 is 15.4 Å².